The maximum Gasteiger partial charge on any atom is 0.169 e. The number of aromatic amines is 1. The molecule has 1 aromatic heterocycles. The van der Waals surface area contributed by atoms with E-state index < -0.39 is 0 Å². The van der Waals surface area contributed by atoms with E-state index in [4.69, 9.17) is 28.6 Å². The van der Waals surface area contributed by atoms with Crippen molar-refractivity contribution in [3.63, 3.8) is 0 Å². The second-order valence-corrected chi connectivity index (χ2v) is 7.48. The average molecular weight is 400 g/mol. The molecule has 4 nitrogen and oxygen atoms in total. The highest BCUT2D eigenvalue weighted by molar-refractivity contribution is 7.80. The van der Waals surface area contributed by atoms with Gasteiger partial charge in [0.15, 0.2) is 5.11 Å². The van der Waals surface area contributed by atoms with Gasteiger partial charge in [-0.05, 0) is 67.0 Å². The van der Waals surface area contributed by atoms with Crippen molar-refractivity contribution in [3.05, 3.63) is 64.3 Å². The fraction of sp³-hybridized carbons (Fsp3) is 0.286. The topological polar surface area (TPSA) is 40.3 Å². The summed E-state index contributed by atoms with van der Waals surface area (Å²) in [7, 11) is 1.68. The minimum Gasteiger partial charge on any atom is -0.497 e. The first kappa shape index (κ1) is 18.1. The molecule has 0 saturated carbocycles. The molecular formula is C21H22ClN3OS. The molecular weight excluding hydrogens is 378 g/mol. The molecule has 27 heavy (non-hydrogen) atoms. The summed E-state index contributed by atoms with van der Waals surface area (Å²) in [4.78, 5) is 5.89. The first-order valence-corrected chi connectivity index (χ1v) is 9.89. The second kappa shape index (κ2) is 7.41. The molecule has 0 radical (unpaired) electrons. The van der Waals surface area contributed by atoms with E-state index in [1.165, 1.54) is 22.2 Å². The molecule has 1 atom stereocenters. The lowest BCUT2D eigenvalue weighted by molar-refractivity contribution is 0.330. The van der Waals surface area contributed by atoms with Gasteiger partial charge in [0.05, 0.1) is 13.2 Å². The average Bonchev–Trinajstić information content (AvgIpc) is 3.05. The molecule has 0 bridgehead atoms. The van der Waals surface area contributed by atoms with Crippen molar-refractivity contribution in [2.75, 3.05) is 20.2 Å². The number of nitrogens with one attached hydrogen (secondary N) is 2. The van der Waals surface area contributed by atoms with Crippen LogP contribution < -0.4 is 10.1 Å². The van der Waals surface area contributed by atoms with Crippen LogP contribution in [0.2, 0.25) is 5.02 Å². The van der Waals surface area contributed by atoms with E-state index in [-0.39, 0.29) is 6.04 Å². The van der Waals surface area contributed by atoms with E-state index in [1.807, 2.05) is 24.3 Å². The quantitative estimate of drug-likeness (QED) is 0.628. The lowest BCUT2D eigenvalue weighted by Crippen LogP contribution is -2.45. The fourth-order valence-corrected chi connectivity index (χ4v) is 4.38. The number of methoxy groups -OCH3 is 1. The highest BCUT2D eigenvalue weighted by Gasteiger charge is 2.33. The molecule has 4 rings (SSSR count). The van der Waals surface area contributed by atoms with E-state index in [1.54, 1.807) is 7.11 Å². The van der Waals surface area contributed by atoms with Crippen molar-refractivity contribution in [1.82, 2.24) is 15.2 Å². The summed E-state index contributed by atoms with van der Waals surface area (Å²) in [6.45, 7) is 3.73. The first-order valence-electron chi connectivity index (χ1n) is 9.10. The molecule has 2 N–H and O–H groups in total. The molecule has 2 aromatic carbocycles. The molecule has 0 amide bonds. The van der Waals surface area contributed by atoms with Crippen LogP contribution in [0.4, 0.5) is 0 Å². The SMILES string of the molecule is CCNC(=S)N1CCc2c([nH]c3ccc(Cl)cc23)C1c1ccc(OC)cc1. The Morgan fingerprint density at radius 3 is 2.78 bits per heavy atom. The zero-order valence-electron chi connectivity index (χ0n) is 15.4. The van der Waals surface area contributed by atoms with Gasteiger partial charge < -0.3 is 19.9 Å². The van der Waals surface area contributed by atoms with Crippen LogP contribution in [-0.4, -0.2) is 35.2 Å². The summed E-state index contributed by atoms with van der Waals surface area (Å²) in [5.74, 6) is 0.846. The van der Waals surface area contributed by atoms with Gasteiger partial charge in [0.2, 0.25) is 0 Å². The molecule has 1 aliphatic heterocycles. The van der Waals surface area contributed by atoms with Crippen LogP contribution in [-0.2, 0) is 6.42 Å². The van der Waals surface area contributed by atoms with E-state index in [0.717, 1.165) is 40.9 Å². The number of nitrogens with zero attached hydrogens (tertiary/aromatic N) is 1. The summed E-state index contributed by atoms with van der Waals surface area (Å²) < 4.78 is 5.33. The Morgan fingerprint density at radius 2 is 2.07 bits per heavy atom. The van der Waals surface area contributed by atoms with Crippen LogP contribution in [0.5, 0.6) is 5.75 Å². The Bertz CT molecular complexity index is 983. The van der Waals surface area contributed by atoms with Crippen molar-refractivity contribution in [1.29, 1.82) is 0 Å². The number of H-pyrrole nitrogens is 1. The van der Waals surface area contributed by atoms with Crippen LogP contribution in [0.15, 0.2) is 42.5 Å². The van der Waals surface area contributed by atoms with Crippen LogP contribution in [0.25, 0.3) is 10.9 Å². The van der Waals surface area contributed by atoms with Gasteiger partial charge in [0.1, 0.15) is 5.75 Å². The van der Waals surface area contributed by atoms with Gasteiger partial charge in [0.25, 0.3) is 0 Å². The molecule has 1 aliphatic rings. The molecule has 0 saturated heterocycles. The number of hydrogen-bond acceptors (Lipinski definition) is 2. The van der Waals surface area contributed by atoms with Crippen LogP contribution in [0.3, 0.4) is 0 Å². The van der Waals surface area contributed by atoms with E-state index in [0.29, 0.717) is 0 Å². The van der Waals surface area contributed by atoms with Crippen LogP contribution in [0, 0.1) is 0 Å². The second-order valence-electron chi connectivity index (χ2n) is 6.66. The van der Waals surface area contributed by atoms with Gasteiger partial charge in [-0.25, -0.2) is 0 Å². The van der Waals surface area contributed by atoms with Crippen molar-refractivity contribution in [2.45, 2.75) is 19.4 Å². The maximum absolute atomic E-state index is 6.26. The Morgan fingerprint density at radius 1 is 1.30 bits per heavy atom. The summed E-state index contributed by atoms with van der Waals surface area (Å²) in [6, 6.07) is 14.3. The van der Waals surface area contributed by atoms with Gasteiger partial charge in [-0.1, -0.05) is 23.7 Å². The number of aromatic nitrogens is 1. The van der Waals surface area contributed by atoms with Gasteiger partial charge in [-0.15, -0.1) is 0 Å². The molecule has 140 valence electrons. The third kappa shape index (κ3) is 3.26. The molecule has 3 aromatic rings. The predicted octanol–water partition coefficient (Wildman–Crippen LogP) is 4.67. The van der Waals surface area contributed by atoms with Crippen molar-refractivity contribution in [2.24, 2.45) is 0 Å². The minimum atomic E-state index is 0.0254. The smallest absolute Gasteiger partial charge is 0.169 e. The monoisotopic (exact) mass is 399 g/mol. The Balaban J connectivity index is 1.86. The normalized spacial score (nSPS) is 16.3. The largest absolute Gasteiger partial charge is 0.497 e. The summed E-state index contributed by atoms with van der Waals surface area (Å²) >= 11 is 11.9. The number of rotatable bonds is 3. The third-order valence-electron chi connectivity index (χ3n) is 5.11. The van der Waals surface area contributed by atoms with Crippen molar-refractivity contribution < 1.29 is 4.74 Å². The number of thiocarbonyl (C=S) groups is 1. The third-order valence-corrected chi connectivity index (χ3v) is 5.72. The molecule has 0 spiro atoms. The number of ether oxygens (including phenoxy) is 1. The zero-order chi connectivity index (χ0) is 19.0. The van der Waals surface area contributed by atoms with Crippen LogP contribution >= 0.6 is 23.8 Å². The number of hydrogen-bond donors (Lipinski definition) is 2. The standard InChI is InChI=1S/C21H22ClN3OS/c1-3-23-21(27)25-11-10-16-17-12-14(22)6-9-18(17)24-19(16)20(25)13-4-7-15(26-2)8-5-13/h4-9,12,20,24H,3,10-11H2,1-2H3,(H,23,27). The highest BCUT2D eigenvalue weighted by atomic mass is 35.5. The highest BCUT2D eigenvalue weighted by Crippen LogP contribution is 2.39. The number of benzene rings is 2. The Labute approximate surface area is 169 Å². The van der Waals surface area contributed by atoms with Crippen molar-refractivity contribution in [3.8, 4) is 5.75 Å². The molecule has 1 unspecified atom stereocenters. The maximum atomic E-state index is 6.26. The number of fused-ring (bicyclic) bond motifs is 3. The van der Waals surface area contributed by atoms with Crippen molar-refractivity contribution >= 4 is 39.8 Å². The fourth-order valence-electron chi connectivity index (χ4n) is 3.87. The number of halogens is 1. The lowest BCUT2D eigenvalue weighted by atomic mass is 9.92. The lowest BCUT2D eigenvalue weighted by Gasteiger charge is -2.38. The van der Waals surface area contributed by atoms with Gasteiger partial charge in [0, 0.05) is 34.7 Å². The molecule has 0 aliphatic carbocycles. The molecule has 2 heterocycles. The van der Waals surface area contributed by atoms with Gasteiger partial charge in [-0.3, -0.25) is 0 Å². The summed E-state index contributed by atoms with van der Waals surface area (Å²) in [5, 5.41) is 6.05. The first-order chi connectivity index (χ1) is 13.1. The molecule has 0 fully saturated rings. The van der Waals surface area contributed by atoms with E-state index in [9.17, 15) is 0 Å². The zero-order valence-corrected chi connectivity index (χ0v) is 17.0. The van der Waals surface area contributed by atoms with Gasteiger partial charge in [-0.2, -0.15) is 0 Å². The predicted molar refractivity (Wildman–Crippen MR) is 115 cm³/mol. The van der Waals surface area contributed by atoms with E-state index in [2.05, 4.69) is 40.3 Å². The summed E-state index contributed by atoms with van der Waals surface area (Å²) in [6.07, 6.45) is 0.924. The Hall–Kier alpha value is -2.24. The van der Waals surface area contributed by atoms with E-state index >= 15 is 0 Å². The minimum absolute atomic E-state index is 0.0254. The van der Waals surface area contributed by atoms with Gasteiger partial charge >= 0.3 is 0 Å². The Kier molecular flexibility index (Phi) is 4.98. The molecule has 6 heteroatoms. The van der Waals surface area contributed by atoms with Crippen LogP contribution in [0.1, 0.15) is 29.8 Å². The summed E-state index contributed by atoms with van der Waals surface area (Å²) in [5.41, 5.74) is 4.79.